The first-order valence-corrected chi connectivity index (χ1v) is 8.05. The summed E-state index contributed by atoms with van der Waals surface area (Å²) in [6.45, 7) is 1.50. The molecule has 1 fully saturated rings. The number of hydrogen-bond donors (Lipinski definition) is 0. The lowest BCUT2D eigenvalue weighted by Gasteiger charge is -2.33. The van der Waals surface area contributed by atoms with Gasteiger partial charge in [-0.2, -0.15) is 5.10 Å². The molecule has 0 radical (unpaired) electrons. The highest BCUT2D eigenvalue weighted by Crippen LogP contribution is 2.22. The summed E-state index contributed by atoms with van der Waals surface area (Å²) in [4.78, 5) is 14.7. The first-order valence-electron chi connectivity index (χ1n) is 8.05. The number of carbonyl (C=O) groups is 1. The predicted molar refractivity (Wildman–Crippen MR) is 87.8 cm³/mol. The molecule has 1 amide bonds. The third-order valence-electron chi connectivity index (χ3n) is 4.41. The molecule has 1 saturated heterocycles. The van der Waals surface area contributed by atoms with Crippen LogP contribution in [0.25, 0.3) is 5.69 Å². The molecule has 2 aromatic heterocycles. The van der Waals surface area contributed by atoms with Gasteiger partial charge in [0.2, 0.25) is 0 Å². The molecule has 0 saturated carbocycles. The molecular formula is C17H18N6O. The van der Waals surface area contributed by atoms with Crippen LogP contribution >= 0.6 is 0 Å². The quantitative estimate of drug-likeness (QED) is 0.739. The minimum absolute atomic E-state index is 0.0714. The van der Waals surface area contributed by atoms with E-state index in [1.165, 1.54) is 0 Å². The van der Waals surface area contributed by atoms with E-state index in [-0.39, 0.29) is 11.9 Å². The van der Waals surface area contributed by atoms with Gasteiger partial charge in [0, 0.05) is 36.7 Å². The number of benzene rings is 1. The molecule has 24 heavy (non-hydrogen) atoms. The van der Waals surface area contributed by atoms with Gasteiger partial charge < -0.3 is 4.90 Å². The van der Waals surface area contributed by atoms with Crippen molar-refractivity contribution < 1.29 is 4.79 Å². The molecular weight excluding hydrogens is 304 g/mol. The van der Waals surface area contributed by atoms with E-state index in [2.05, 4.69) is 15.3 Å². The number of aromatic nitrogens is 5. The summed E-state index contributed by atoms with van der Waals surface area (Å²) in [5.74, 6) is 0.0714. The van der Waals surface area contributed by atoms with Gasteiger partial charge in [-0.1, -0.05) is 0 Å². The largest absolute Gasteiger partial charge is 0.337 e. The number of piperidine rings is 1. The van der Waals surface area contributed by atoms with Crippen LogP contribution in [0.15, 0.2) is 55.4 Å². The van der Waals surface area contributed by atoms with Crippen molar-refractivity contribution >= 4 is 5.91 Å². The Bertz CT molecular complexity index is 794. The number of rotatable bonds is 3. The van der Waals surface area contributed by atoms with Gasteiger partial charge in [0.1, 0.15) is 12.7 Å². The fourth-order valence-electron chi connectivity index (χ4n) is 3.14. The van der Waals surface area contributed by atoms with Crippen LogP contribution < -0.4 is 0 Å². The lowest BCUT2D eigenvalue weighted by atomic mass is 10.0. The Labute approximate surface area is 139 Å². The average Bonchev–Trinajstić information content (AvgIpc) is 3.35. The minimum Gasteiger partial charge on any atom is -0.337 e. The van der Waals surface area contributed by atoms with Crippen molar-refractivity contribution in [1.82, 2.24) is 29.4 Å². The molecule has 1 aliphatic heterocycles. The van der Waals surface area contributed by atoms with E-state index in [1.54, 1.807) is 18.9 Å². The Morgan fingerprint density at radius 2 is 1.92 bits per heavy atom. The Balaban J connectivity index is 1.49. The maximum absolute atomic E-state index is 12.8. The summed E-state index contributed by atoms with van der Waals surface area (Å²) < 4.78 is 3.76. The molecule has 1 aliphatic rings. The summed E-state index contributed by atoms with van der Waals surface area (Å²) in [5.41, 5.74) is 1.64. The van der Waals surface area contributed by atoms with Gasteiger partial charge in [0.15, 0.2) is 0 Å². The van der Waals surface area contributed by atoms with Crippen LogP contribution in [0.5, 0.6) is 0 Å². The van der Waals surface area contributed by atoms with Crippen molar-refractivity contribution in [3.63, 3.8) is 0 Å². The molecule has 3 aromatic rings. The number of hydrogen-bond acceptors (Lipinski definition) is 4. The van der Waals surface area contributed by atoms with Crippen LogP contribution in [-0.2, 0) is 0 Å². The lowest BCUT2D eigenvalue weighted by molar-refractivity contribution is 0.0673. The average molecular weight is 322 g/mol. The Kier molecular flexibility index (Phi) is 3.82. The Morgan fingerprint density at radius 3 is 2.62 bits per heavy atom. The maximum atomic E-state index is 12.8. The fourth-order valence-corrected chi connectivity index (χ4v) is 3.14. The molecule has 0 bridgehead atoms. The third-order valence-corrected chi connectivity index (χ3v) is 4.41. The van der Waals surface area contributed by atoms with Crippen LogP contribution in [0.1, 0.15) is 29.2 Å². The zero-order valence-electron chi connectivity index (χ0n) is 13.2. The van der Waals surface area contributed by atoms with Gasteiger partial charge >= 0.3 is 0 Å². The molecule has 122 valence electrons. The van der Waals surface area contributed by atoms with E-state index in [1.807, 2.05) is 50.7 Å². The molecule has 7 heteroatoms. The maximum Gasteiger partial charge on any atom is 0.253 e. The highest BCUT2D eigenvalue weighted by atomic mass is 16.2. The molecule has 1 atom stereocenters. The summed E-state index contributed by atoms with van der Waals surface area (Å²) >= 11 is 0. The number of nitrogens with zero attached hydrogens (tertiary/aromatic N) is 6. The van der Waals surface area contributed by atoms with Gasteiger partial charge in [-0.05, 0) is 43.2 Å². The van der Waals surface area contributed by atoms with Gasteiger partial charge in [-0.25, -0.2) is 0 Å². The SMILES string of the molecule is O=C(c1ccc(-n2cnnc2)cc1)N1CCCC(n2cccn2)C1. The Hall–Kier alpha value is -2.96. The first-order chi connectivity index (χ1) is 11.8. The summed E-state index contributed by atoms with van der Waals surface area (Å²) in [6.07, 6.45) is 9.07. The predicted octanol–water partition coefficient (Wildman–Crippen LogP) is 1.94. The monoisotopic (exact) mass is 322 g/mol. The first kappa shape index (κ1) is 14.6. The van der Waals surface area contributed by atoms with Crippen molar-refractivity contribution in [2.75, 3.05) is 13.1 Å². The second-order valence-electron chi connectivity index (χ2n) is 5.95. The van der Waals surface area contributed by atoms with E-state index in [0.717, 1.165) is 25.1 Å². The smallest absolute Gasteiger partial charge is 0.253 e. The molecule has 0 spiro atoms. The van der Waals surface area contributed by atoms with Crippen LogP contribution in [0, 0.1) is 0 Å². The lowest BCUT2D eigenvalue weighted by Crippen LogP contribution is -2.40. The standard InChI is InChI=1S/C17H18N6O/c24-17(14-4-6-15(7-5-14)22-12-18-19-13-22)21-9-1-3-16(11-21)23-10-2-8-20-23/h2,4-8,10,12-13,16H,1,3,9,11H2. The summed E-state index contributed by atoms with van der Waals surface area (Å²) in [7, 11) is 0. The van der Waals surface area contributed by atoms with Crippen LogP contribution in [0.4, 0.5) is 0 Å². The summed E-state index contributed by atoms with van der Waals surface area (Å²) in [5, 5.41) is 11.9. The zero-order chi connectivity index (χ0) is 16.4. The van der Waals surface area contributed by atoms with Gasteiger partial charge in [-0.15, -0.1) is 10.2 Å². The highest BCUT2D eigenvalue weighted by molar-refractivity contribution is 5.94. The van der Waals surface area contributed by atoms with E-state index in [0.29, 0.717) is 12.1 Å². The van der Waals surface area contributed by atoms with Crippen molar-refractivity contribution in [2.45, 2.75) is 18.9 Å². The minimum atomic E-state index is 0.0714. The number of likely N-dealkylation sites (tertiary alicyclic amines) is 1. The normalized spacial score (nSPS) is 17.8. The van der Waals surface area contributed by atoms with Crippen molar-refractivity contribution in [2.24, 2.45) is 0 Å². The molecule has 7 nitrogen and oxygen atoms in total. The second kappa shape index (κ2) is 6.27. The van der Waals surface area contributed by atoms with Crippen LogP contribution in [0.3, 0.4) is 0 Å². The third kappa shape index (κ3) is 2.80. The van der Waals surface area contributed by atoms with E-state index in [4.69, 9.17) is 0 Å². The van der Waals surface area contributed by atoms with E-state index in [9.17, 15) is 4.79 Å². The molecule has 1 unspecified atom stereocenters. The van der Waals surface area contributed by atoms with Gasteiger partial charge in [0.25, 0.3) is 5.91 Å². The molecule has 0 aliphatic carbocycles. The Morgan fingerprint density at radius 1 is 1.12 bits per heavy atom. The van der Waals surface area contributed by atoms with Crippen LogP contribution in [0.2, 0.25) is 0 Å². The molecule has 0 N–H and O–H groups in total. The van der Waals surface area contributed by atoms with Crippen molar-refractivity contribution in [1.29, 1.82) is 0 Å². The molecule has 3 heterocycles. The topological polar surface area (TPSA) is 68.8 Å². The second-order valence-corrected chi connectivity index (χ2v) is 5.95. The summed E-state index contributed by atoms with van der Waals surface area (Å²) in [6, 6.07) is 9.71. The van der Waals surface area contributed by atoms with Crippen molar-refractivity contribution in [3.8, 4) is 5.69 Å². The number of amides is 1. The molecule has 4 rings (SSSR count). The van der Waals surface area contributed by atoms with E-state index >= 15 is 0 Å². The highest BCUT2D eigenvalue weighted by Gasteiger charge is 2.25. The fraction of sp³-hybridized carbons (Fsp3) is 0.294. The van der Waals surface area contributed by atoms with Gasteiger partial charge in [-0.3, -0.25) is 14.0 Å². The number of carbonyl (C=O) groups excluding carboxylic acids is 1. The van der Waals surface area contributed by atoms with Gasteiger partial charge in [0.05, 0.1) is 6.04 Å². The van der Waals surface area contributed by atoms with Crippen molar-refractivity contribution in [3.05, 3.63) is 60.9 Å². The zero-order valence-corrected chi connectivity index (χ0v) is 13.2. The van der Waals surface area contributed by atoms with E-state index < -0.39 is 0 Å². The molecule has 1 aromatic carbocycles. The van der Waals surface area contributed by atoms with Crippen LogP contribution in [-0.4, -0.2) is 48.4 Å².